The van der Waals surface area contributed by atoms with Crippen molar-refractivity contribution in [3.05, 3.63) is 52.5 Å². The molecule has 0 spiro atoms. The lowest BCUT2D eigenvalue weighted by Crippen LogP contribution is -2.36. The van der Waals surface area contributed by atoms with Gasteiger partial charge in [-0.1, -0.05) is 23.7 Å². The largest absolute Gasteiger partial charge is 0.495 e. The second kappa shape index (κ2) is 9.10. The molecule has 2 amide bonds. The second-order valence-electron chi connectivity index (χ2n) is 5.87. The number of methoxy groups -OCH3 is 1. The number of carbonyl (C=O) groups is 2. The van der Waals surface area contributed by atoms with Gasteiger partial charge >= 0.3 is 0 Å². The van der Waals surface area contributed by atoms with E-state index in [1.807, 2.05) is 38.1 Å². The average molecular weight is 376 g/mol. The zero-order valence-corrected chi connectivity index (χ0v) is 15.7. The molecule has 0 radical (unpaired) electrons. The maximum atomic E-state index is 12.0. The van der Waals surface area contributed by atoms with E-state index >= 15 is 0 Å². The van der Waals surface area contributed by atoms with Crippen LogP contribution >= 0.6 is 11.6 Å². The third-order valence-corrected chi connectivity index (χ3v) is 3.95. The summed E-state index contributed by atoms with van der Waals surface area (Å²) in [6, 6.07) is 11.0. The summed E-state index contributed by atoms with van der Waals surface area (Å²) in [7, 11) is 1.53. The Morgan fingerprint density at radius 1 is 0.962 bits per heavy atom. The van der Waals surface area contributed by atoms with Crippen molar-refractivity contribution < 1.29 is 14.3 Å². The molecule has 0 aromatic heterocycles. The monoisotopic (exact) mass is 375 g/mol. The van der Waals surface area contributed by atoms with E-state index in [1.54, 1.807) is 12.1 Å². The fourth-order valence-electron chi connectivity index (χ4n) is 2.29. The molecule has 0 heterocycles. The topological polar surface area (TPSA) is 79.5 Å². The number of hydrogen-bond acceptors (Lipinski definition) is 4. The molecule has 0 aliphatic carbocycles. The average Bonchev–Trinajstić information content (AvgIpc) is 2.59. The SMILES string of the molecule is COc1ccc(C)cc1NC(=O)CNC(=O)CNc1ccc(C)cc1Cl. The van der Waals surface area contributed by atoms with E-state index in [1.165, 1.54) is 7.11 Å². The summed E-state index contributed by atoms with van der Waals surface area (Å²) in [6.45, 7) is 3.73. The van der Waals surface area contributed by atoms with Crippen LogP contribution in [-0.2, 0) is 9.59 Å². The Balaban J connectivity index is 1.81. The lowest BCUT2D eigenvalue weighted by Gasteiger charge is -2.12. The number of nitrogens with one attached hydrogen (secondary N) is 3. The molecule has 26 heavy (non-hydrogen) atoms. The number of hydrogen-bond donors (Lipinski definition) is 3. The normalized spacial score (nSPS) is 10.2. The number of ether oxygens (including phenoxy) is 1. The summed E-state index contributed by atoms with van der Waals surface area (Å²) >= 11 is 6.10. The van der Waals surface area contributed by atoms with Gasteiger partial charge in [-0.2, -0.15) is 0 Å². The maximum absolute atomic E-state index is 12.0. The Morgan fingerprint density at radius 2 is 1.65 bits per heavy atom. The van der Waals surface area contributed by atoms with Crippen LogP contribution in [0, 0.1) is 13.8 Å². The number of anilines is 2. The Bertz CT molecular complexity index is 809. The molecular formula is C19H22ClN3O3. The minimum Gasteiger partial charge on any atom is -0.495 e. The van der Waals surface area contributed by atoms with Gasteiger partial charge in [0.05, 0.1) is 36.6 Å². The molecule has 0 aliphatic heterocycles. The molecule has 0 saturated carbocycles. The zero-order chi connectivity index (χ0) is 19.1. The van der Waals surface area contributed by atoms with Crippen LogP contribution in [0.1, 0.15) is 11.1 Å². The molecule has 7 heteroatoms. The van der Waals surface area contributed by atoms with E-state index in [-0.39, 0.29) is 24.9 Å². The number of benzene rings is 2. The Hall–Kier alpha value is -2.73. The van der Waals surface area contributed by atoms with Gasteiger partial charge in [0.25, 0.3) is 0 Å². The van der Waals surface area contributed by atoms with Gasteiger partial charge in [-0.05, 0) is 49.2 Å². The second-order valence-corrected chi connectivity index (χ2v) is 6.27. The summed E-state index contributed by atoms with van der Waals surface area (Å²) in [6.07, 6.45) is 0. The third kappa shape index (κ3) is 5.67. The molecule has 138 valence electrons. The van der Waals surface area contributed by atoms with Crippen LogP contribution in [-0.4, -0.2) is 32.0 Å². The molecular weight excluding hydrogens is 354 g/mol. The van der Waals surface area contributed by atoms with Crippen molar-refractivity contribution in [2.24, 2.45) is 0 Å². The molecule has 2 rings (SSSR count). The van der Waals surface area contributed by atoms with E-state index < -0.39 is 0 Å². The maximum Gasteiger partial charge on any atom is 0.243 e. The zero-order valence-electron chi connectivity index (χ0n) is 15.0. The lowest BCUT2D eigenvalue weighted by molar-refractivity contribution is -0.122. The minimum absolute atomic E-state index is 0.0177. The molecule has 2 aromatic rings. The van der Waals surface area contributed by atoms with Crippen LogP contribution in [0.2, 0.25) is 5.02 Å². The molecule has 0 atom stereocenters. The molecule has 0 aliphatic rings. The number of carbonyl (C=O) groups excluding carboxylic acids is 2. The standard InChI is InChI=1S/C19H22ClN3O3/c1-12-4-6-15(14(20)8-12)21-10-18(24)22-11-19(25)23-16-9-13(2)5-7-17(16)26-3/h4-9,21H,10-11H2,1-3H3,(H,22,24)(H,23,25). The van der Waals surface area contributed by atoms with Crippen LogP contribution in [0.4, 0.5) is 11.4 Å². The van der Waals surface area contributed by atoms with Gasteiger partial charge in [0.2, 0.25) is 11.8 Å². The van der Waals surface area contributed by atoms with Gasteiger partial charge in [0, 0.05) is 0 Å². The first-order chi connectivity index (χ1) is 12.4. The molecule has 0 unspecified atom stereocenters. The predicted molar refractivity (Wildman–Crippen MR) is 104 cm³/mol. The van der Waals surface area contributed by atoms with Crippen LogP contribution in [0.25, 0.3) is 0 Å². The van der Waals surface area contributed by atoms with Crippen molar-refractivity contribution in [3.63, 3.8) is 0 Å². The summed E-state index contributed by atoms with van der Waals surface area (Å²) < 4.78 is 5.21. The number of rotatable bonds is 7. The van der Waals surface area contributed by atoms with E-state index in [0.717, 1.165) is 11.1 Å². The molecule has 3 N–H and O–H groups in total. The fraction of sp³-hybridized carbons (Fsp3) is 0.263. The van der Waals surface area contributed by atoms with Gasteiger partial charge in [-0.3, -0.25) is 9.59 Å². The van der Waals surface area contributed by atoms with Crippen molar-refractivity contribution >= 4 is 34.8 Å². The number of amides is 2. The molecule has 0 fully saturated rings. The van der Waals surface area contributed by atoms with E-state index in [0.29, 0.717) is 22.1 Å². The third-order valence-electron chi connectivity index (χ3n) is 3.64. The highest BCUT2D eigenvalue weighted by Crippen LogP contribution is 2.25. The highest BCUT2D eigenvalue weighted by molar-refractivity contribution is 6.33. The van der Waals surface area contributed by atoms with Crippen molar-refractivity contribution in [1.29, 1.82) is 0 Å². The van der Waals surface area contributed by atoms with Gasteiger partial charge in [0.15, 0.2) is 0 Å². The Labute approximate surface area is 157 Å². The van der Waals surface area contributed by atoms with Crippen molar-refractivity contribution in [2.45, 2.75) is 13.8 Å². The quantitative estimate of drug-likeness (QED) is 0.694. The van der Waals surface area contributed by atoms with Gasteiger partial charge in [-0.15, -0.1) is 0 Å². The predicted octanol–water partition coefficient (Wildman–Crippen LogP) is 3.13. The highest BCUT2D eigenvalue weighted by Gasteiger charge is 2.10. The number of aryl methyl sites for hydroxylation is 2. The van der Waals surface area contributed by atoms with Gasteiger partial charge in [-0.25, -0.2) is 0 Å². The first kappa shape index (κ1) is 19.6. The van der Waals surface area contributed by atoms with E-state index in [4.69, 9.17) is 16.3 Å². The lowest BCUT2D eigenvalue weighted by atomic mass is 10.2. The first-order valence-corrected chi connectivity index (χ1v) is 8.48. The van der Waals surface area contributed by atoms with Crippen LogP contribution in [0.15, 0.2) is 36.4 Å². The minimum atomic E-state index is -0.337. The Kier molecular flexibility index (Phi) is 6.86. The summed E-state index contributed by atoms with van der Waals surface area (Å²) in [5, 5.41) is 8.77. The Morgan fingerprint density at radius 3 is 2.35 bits per heavy atom. The van der Waals surface area contributed by atoms with E-state index in [9.17, 15) is 9.59 Å². The van der Waals surface area contributed by atoms with Crippen LogP contribution in [0.3, 0.4) is 0 Å². The fourth-order valence-corrected chi connectivity index (χ4v) is 2.60. The first-order valence-electron chi connectivity index (χ1n) is 8.10. The molecule has 0 bridgehead atoms. The van der Waals surface area contributed by atoms with Crippen molar-refractivity contribution in [1.82, 2.24) is 5.32 Å². The van der Waals surface area contributed by atoms with Crippen LogP contribution in [0.5, 0.6) is 5.75 Å². The van der Waals surface area contributed by atoms with Gasteiger partial charge in [0.1, 0.15) is 5.75 Å². The summed E-state index contributed by atoms with van der Waals surface area (Å²) in [4.78, 5) is 23.9. The summed E-state index contributed by atoms with van der Waals surface area (Å²) in [5.41, 5.74) is 3.26. The number of halogens is 1. The van der Waals surface area contributed by atoms with Gasteiger partial charge < -0.3 is 20.7 Å². The van der Waals surface area contributed by atoms with Crippen molar-refractivity contribution in [2.75, 3.05) is 30.8 Å². The van der Waals surface area contributed by atoms with Crippen molar-refractivity contribution in [3.8, 4) is 5.75 Å². The molecule has 6 nitrogen and oxygen atoms in total. The highest BCUT2D eigenvalue weighted by atomic mass is 35.5. The molecule has 0 saturated heterocycles. The molecule has 2 aromatic carbocycles. The smallest absolute Gasteiger partial charge is 0.243 e. The van der Waals surface area contributed by atoms with Crippen LogP contribution < -0.4 is 20.7 Å². The van der Waals surface area contributed by atoms with E-state index in [2.05, 4.69) is 16.0 Å². The summed E-state index contributed by atoms with van der Waals surface area (Å²) in [5.74, 6) is -0.0884.